The van der Waals surface area contributed by atoms with E-state index in [0.717, 1.165) is 35.5 Å². The zero-order valence-corrected chi connectivity index (χ0v) is 13.7. The summed E-state index contributed by atoms with van der Waals surface area (Å²) in [6, 6.07) is 15.6. The van der Waals surface area contributed by atoms with E-state index < -0.39 is 0 Å². The summed E-state index contributed by atoms with van der Waals surface area (Å²) in [6.07, 6.45) is 6.47. The monoisotopic (exact) mass is 306 g/mol. The van der Waals surface area contributed by atoms with Crippen molar-refractivity contribution in [3.63, 3.8) is 0 Å². The Balaban J connectivity index is 1.90. The fourth-order valence-corrected chi connectivity index (χ4v) is 1.95. The predicted octanol–water partition coefficient (Wildman–Crippen LogP) is 4.83. The summed E-state index contributed by atoms with van der Waals surface area (Å²) in [5.74, 6) is 7.99. The van der Waals surface area contributed by atoms with Crippen LogP contribution in [0, 0.1) is 11.8 Å². The van der Waals surface area contributed by atoms with Gasteiger partial charge in [0.2, 0.25) is 0 Å². The first kappa shape index (κ1) is 16.7. The molecule has 0 amide bonds. The highest BCUT2D eigenvalue weighted by molar-refractivity contribution is 5.45. The smallest absolute Gasteiger partial charge is 0.119 e. The molecule has 0 bridgehead atoms. The molecule has 0 saturated carbocycles. The SMILES string of the molecule is CCCC=CCOc1ccc(C#Cc2ccc(OC)cc2)cc1. The molecule has 0 spiro atoms. The van der Waals surface area contributed by atoms with Crippen LogP contribution in [-0.4, -0.2) is 13.7 Å². The summed E-state index contributed by atoms with van der Waals surface area (Å²) in [5.41, 5.74) is 1.93. The number of hydrogen-bond donors (Lipinski definition) is 0. The van der Waals surface area contributed by atoms with E-state index in [9.17, 15) is 0 Å². The van der Waals surface area contributed by atoms with Gasteiger partial charge in [-0.1, -0.05) is 37.3 Å². The van der Waals surface area contributed by atoms with Crippen LogP contribution in [0.25, 0.3) is 0 Å². The molecule has 0 atom stereocenters. The summed E-state index contributed by atoms with van der Waals surface area (Å²) < 4.78 is 10.8. The Morgan fingerprint density at radius 2 is 1.39 bits per heavy atom. The Hall–Kier alpha value is -2.66. The first-order valence-corrected chi connectivity index (χ1v) is 7.85. The normalized spacial score (nSPS) is 10.2. The second kappa shape index (κ2) is 9.38. The van der Waals surface area contributed by atoms with Gasteiger partial charge in [-0.05, 0) is 55.0 Å². The molecule has 2 aromatic rings. The zero-order valence-electron chi connectivity index (χ0n) is 13.7. The molecule has 0 aliphatic heterocycles. The van der Waals surface area contributed by atoms with Gasteiger partial charge in [0.15, 0.2) is 0 Å². The highest BCUT2D eigenvalue weighted by Gasteiger charge is 1.93. The van der Waals surface area contributed by atoms with Crippen molar-refractivity contribution in [2.75, 3.05) is 13.7 Å². The second-order valence-electron chi connectivity index (χ2n) is 5.07. The van der Waals surface area contributed by atoms with Crippen LogP contribution in [0.5, 0.6) is 11.5 Å². The van der Waals surface area contributed by atoms with Crippen LogP contribution in [0.3, 0.4) is 0 Å². The van der Waals surface area contributed by atoms with Crippen molar-refractivity contribution in [3.8, 4) is 23.3 Å². The molecule has 0 radical (unpaired) electrons. The molecular formula is C21H22O2. The van der Waals surface area contributed by atoms with Gasteiger partial charge in [-0.3, -0.25) is 0 Å². The molecular weight excluding hydrogens is 284 g/mol. The van der Waals surface area contributed by atoms with Gasteiger partial charge in [0.1, 0.15) is 18.1 Å². The van der Waals surface area contributed by atoms with Crippen molar-refractivity contribution >= 4 is 0 Å². The Kier molecular flexibility index (Phi) is 6.81. The number of allylic oxidation sites excluding steroid dienone is 1. The number of benzene rings is 2. The Morgan fingerprint density at radius 1 is 0.826 bits per heavy atom. The maximum Gasteiger partial charge on any atom is 0.119 e. The summed E-state index contributed by atoms with van der Waals surface area (Å²) in [4.78, 5) is 0. The minimum atomic E-state index is 0.608. The number of methoxy groups -OCH3 is 1. The number of rotatable bonds is 6. The van der Waals surface area contributed by atoms with Crippen LogP contribution in [0.1, 0.15) is 30.9 Å². The van der Waals surface area contributed by atoms with E-state index in [2.05, 4.69) is 30.9 Å². The number of unbranched alkanes of at least 4 members (excludes halogenated alkanes) is 1. The van der Waals surface area contributed by atoms with Gasteiger partial charge >= 0.3 is 0 Å². The molecule has 118 valence electrons. The highest BCUT2D eigenvalue weighted by atomic mass is 16.5. The number of ether oxygens (including phenoxy) is 2. The van der Waals surface area contributed by atoms with E-state index in [4.69, 9.17) is 9.47 Å². The van der Waals surface area contributed by atoms with Crippen molar-refractivity contribution < 1.29 is 9.47 Å². The van der Waals surface area contributed by atoms with Crippen LogP contribution < -0.4 is 9.47 Å². The third kappa shape index (κ3) is 5.92. The maximum atomic E-state index is 5.65. The molecule has 0 fully saturated rings. The average molecular weight is 306 g/mol. The molecule has 2 aromatic carbocycles. The van der Waals surface area contributed by atoms with Crippen molar-refractivity contribution in [1.82, 2.24) is 0 Å². The van der Waals surface area contributed by atoms with Crippen LogP contribution in [-0.2, 0) is 0 Å². The minimum absolute atomic E-state index is 0.608. The lowest BCUT2D eigenvalue weighted by molar-refractivity contribution is 0.362. The van der Waals surface area contributed by atoms with Gasteiger partial charge in [0.05, 0.1) is 7.11 Å². The molecule has 0 aliphatic rings. The van der Waals surface area contributed by atoms with Gasteiger partial charge in [0, 0.05) is 11.1 Å². The fourth-order valence-electron chi connectivity index (χ4n) is 1.95. The molecule has 2 nitrogen and oxygen atoms in total. The van der Waals surface area contributed by atoms with Crippen molar-refractivity contribution in [3.05, 3.63) is 71.8 Å². The van der Waals surface area contributed by atoms with E-state index in [0.29, 0.717) is 6.61 Å². The zero-order chi connectivity index (χ0) is 16.3. The molecule has 0 N–H and O–H groups in total. The lowest BCUT2D eigenvalue weighted by Crippen LogP contribution is -1.93. The van der Waals surface area contributed by atoms with Gasteiger partial charge < -0.3 is 9.47 Å². The molecule has 2 rings (SSSR count). The van der Waals surface area contributed by atoms with Crippen LogP contribution in [0.2, 0.25) is 0 Å². The van der Waals surface area contributed by atoms with Crippen LogP contribution >= 0.6 is 0 Å². The summed E-state index contributed by atoms with van der Waals surface area (Å²) in [6.45, 7) is 2.77. The largest absolute Gasteiger partial charge is 0.497 e. The first-order chi connectivity index (χ1) is 11.3. The third-order valence-corrected chi connectivity index (χ3v) is 3.26. The lowest BCUT2D eigenvalue weighted by atomic mass is 10.2. The lowest BCUT2D eigenvalue weighted by Gasteiger charge is -2.02. The molecule has 2 heteroatoms. The summed E-state index contributed by atoms with van der Waals surface area (Å²) in [5, 5.41) is 0. The maximum absolute atomic E-state index is 5.65. The Morgan fingerprint density at radius 3 is 1.91 bits per heavy atom. The summed E-state index contributed by atoms with van der Waals surface area (Å²) >= 11 is 0. The third-order valence-electron chi connectivity index (χ3n) is 3.26. The van der Waals surface area contributed by atoms with Gasteiger partial charge in [0.25, 0.3) is 0 Å². The van der Waals surface area contributed by atoms with Gasteiger partial charge in [-0.25, -0.2) is 0 Å². The predicted molar refractivity (Wildman–Crippen MR) is 95.0 cm³/mol. The topological polar surface area (TPSA) is 18.5 Å². The van der Waals surface area contributed by atoms with Crippen molar-refractivity contribution in [2.24, 2.45) is 0 Å². The standard InChI is InChI=1S/C21H22O2/c1-3-4-5-6-17-23-21-15-11-19(12-16-21)8-7-18-9-13-20(22-2)14-10-18/h5-6,9-16H,3-4,17H2,1-2H3. The summed E-state index contributed by atoms with van der Waals surface area (Å²) in [7, 11) is 1.66. The molecule has 0 aromatic heterocycles. The van der Waals surface area contributed by atoms with E-state index in [1.165, 1.54) is 0 Å². The Bertz CT molecular complexity index is 671. The molecule has 0 saturated heterocycles. The molecule has 0 unspecified atom stereocenters. The van der Waals surface area contributed by atoms with Crippen LogP contribution in [0.4, 0.5) is 0 Å². The van der Waals surface area contributed by atoms with E-state index in [-0.39, 0.29) is 0 Å². The molecule has 23 heavy (non-hydrogen) atoms. The van der Waals surface area contributed by atoms with Crippen molar-refractivity contribution in [2.45, 2.75) is 19.8 Å². The first-order valence-electron chi connectivity index (χ1n) is 7.85. The minimum Gasteiger partial charge on any atom is -0.497 e. The van der Waals surface area contributed by atoms with Gasteiger partial charge in [-0.2, -0.15) is 0 Å². The van der Waals surface area contributed by atoms with Crippen molar-refractivity contribution in [1.29, 1.82) is 0 Å². The van der Waals surface area contributed by atoms with E-state index >= 15 is 0 Å². The van der Waals surface area contributed by atoms with Crippen LogP contribution in [0.15, 0.2) is 60.7 Å². The Labute approximate surface area is 138 Å². The fraction of sp³-hybridized carbons (Fsp3) is 0.238. The quantitative estimate of drug-likeness (QED) is 0.562. The van der Waals surface area contributed by atoms with Gasteiger partial charge in [-0.15, -0.1) is 0 Å². The average Bonchev–Trinajstić information content (AvgIpc) is 2.61. The second-order valence-corrected chi connectivity index (χ2v) is 5.07. The molecule has 0 heterocycles. The molecule has 0 aliphatic carbocycles. The van der Waals surface area contributed by atoms with E-state index in [1.807, 2.05) is 48.5 Å². The van der Waals surface area contributed by atoms with E-state index in [1.54, 1.807) is 7.11 Å². The number of hydrogen-bond acceptors (Lipinski definition) is 2. The highest BCUT2D eigenvalue weighted by Crippen LogP contribution is 2.13.